The molecular formula is C54H94N4O13S. The Morgan fingerprint density at radius 1 is 0.944 bits per heavy atom. The summed E-state index contributed by atoms with van der Waals surface area (Å²) in [6, 6.07) is 9.31. The number of nitrogens with one attached hydrogen (secondary N) is 2. The molecule has 18 heteroatoms. The molecule has 3 saturated heterocycles. The Bertz CT molecular complexity index is 1820. The summed E-state index contributed by atoms with van der Waals surface area (Å²) in [7, 11) is 5.30. The Morgan fingerprint density at radius 3 is 2.28 bits per heavy atom. The number of benzene rings is 1. The molecule has 72 heavy (non-hydrogen) atoms. The van der Waals surface area contributed by atoms with E-state index in [4.69, 9.17) is 45.4 Å². The summed E-state index contributed by atoms with van der Waals surface area (Å²) >= 11 is 5.82. The van der Waals surface area contributed by atoms with E-state index in [0.29, 0.717) is 44.2 Å². The maximum atomic E-state index is 14.6. The van der Waals surface area contributed by atoms with Crippen LogP contribution in [0.4, 0.5) is 0 Å². The molecule has 17 nitrogen and oxygen atoms in total. The van der Waals surface area contributed by atoms with E-state index in [2.05, 4.69) is 27.7 Å². The highest BCUT2D eigenvalue weighted by Gasteiger charge is 2.53. The molecule has 3 aliphatic heterocycles. The van der Waals surface area contributed by atoms with Crippen molar-refractivity contribution in [2.24, 2.45) is 17.8 Å². The van der Waals surface area contributed by atoms with E-state index < -0.39 is 96.0 Å². The first-order valence-electron chi connectivity index (χ1n) is 26.8. The Hall–Kier alpha value is -2.14. The van der Waals surface area contributed by atoms with Crippen LogP contribution in [0.3, 0.4) is 0 Å². The van der Waals surface area contributed by atoms with Crippen molar-refractivity contribution in [3.63, 3.8) is 0 Å². The van der Waals surface area contributed by atoms with Gasteiger partial charge in [-0.1, -0.05) is 63.9 Å². The molecule has 3 heterocycles. The summed E-state index contributed by atoms with van der Waals surface area (Å²) < 4.78 is 44.7. The fourth-order valence-electron chi connectivity index (χ4n) is 11.8. The van der Waals surface area contributed by atoms with Crippen molar-refractivity contribution in [1.82, 2.24) is 20.4 Å². The maximum Gasteiger partial charge on any atom is 0.311 e. The van der Waals surface area contributed by atoms with E-state index in [9.17, 15) is 30.3 Å². The summed E-state index contributed by atoms with van der Waals surface area (Å²) in [5.41, 5.74) is -3.44. The third-order valence-corrected chi connectivity index (χ3v) is 16.5. The van der Waals surface area contributed by atoms with Gasteiger partial charge in [-0.05, 0) is 125 Å². The van der Waals surface area contributed by atoms with Crippen molar-refractivity contribution < 1.29 is 63.5 Å². The minimum Gasteiger partial charge on any atom is -0.459 e. The number of nitrogens with zero attached hydrogens (tertiary/aromatic N) is 2. The van der Waals surface area contributed by atoms with Gasteiger partial charge >= 0.3 is 5.97 Å². The summed E-state index contributed by atoms with van der Waals surface area (Å²) in [4.78, 5) is 18.7. The third kappa shape index (κ3) is 15.5. The zero-order valence-electron chi connectivity index (χ0n) is 45.7. The van der Waals surface area contributed by atoms with Gasteiger partial charge in [0.1, 0.15) is 30.0 Å². The number of carbonyl (C=O) groups is 1. The molecule has 1 aliphatic carbocycles. The summed E-state index contributed by atoms with van der Waals surface area (Å²) in [5.74, 6) is -2.78. The molecule has 0 aromatic heterocycles. The summed E-state index contributed by atoms with van der Waals surface area (Å²) in [6.07, 6.45) is -4.02. The van der Waals surface area contributed by atoms with Crippen LogP contribution in [0.5, 0.6) is 0 Å². The number of likely N-dealkylation sites (N-methyl/N-ethyl adjacent to an activating group) is 1. The van der Waals surface area contributed by atoms with Crippen LogP contribution in [-0.2, 0) is 44.6 Å². The number of esters is 1. The molecule has 414 valence electrons. The van der Waals surface area contributed by atoms with Crippen LogP contribution in [0.1, 0.15) is 133 Å². The number of cyclic esters (lactones) is 1. The van der Waals surface area contributed by atoms with E-state index in [1.165, 1.54) is 14.0 Å². The predicted molar refractivity (Wildman–Crippen MR) is 279 cm³/mol. The lowest BCUT2D eigenvalue weighted by Gasteiger charge is -2.48. The molecule has 0 bridgehead atoms. The standard InChI is InChI=1S/C54H94N4O13S/c1-14-42-54(10,64)46(60)36(6)58(26-20-25-55-51(72)56-39-23-18-19-24-41(39)66-31-38-21-16-15-17-22-38)30-32(2)28-52(8,63)48(71-50-44(59)40(57(11)12)27-33(3)67-50)34(4)45(35(5)49(62)69-42)70-43-29-53(9,65-13)47(61)37(7)68-43/h15-17,21-22,32-37,39-48,50,59-61,63-64H,14,18-20,23-31H2,1-13H3,(H2,55,56,72)/t32-,33-,34+,35-,36-,37+,39+,40+,41+,42-,43+,44-,45+,46-,47+,48-,50+,52-,53-,54-/m1/s1. The average Bonchev–Trinajstić information content (AvgIpc) is 3.33. The van der Waals surface area contributed by atoms with Gasteiger partial charge in [0.05, 0.1) is 60.3 Å². The van der Waals surface area contributed by atoms with Crippen molar-refractivity contribution in [2.45, 2.75) is 236 Å². The van der Waals surface area contributed by atoms with Crippen LogP contribution >= 0.6 is 12.2 Å². The van der Waals surface area contributed by atoms with Gasteiger partial charge < -0.3 is 74.2 Å². The molecule has 1 saturated carbocycles. The lowest BCUT2D eigenvalue weighted by molar-refractivity contribution is -0.318. The molecule has 4 fully saturated rings. The first-order chi connectivity index (χ1) is 33.8. The number of thiocarbonyl (C=S) groups is 1. The van der Waals surface area contributed by atoms with Crippen LogP contribution in [0.15, 0.2) is 30.3 Å². The second-order valence-corrected chi connectivity index (χ2v) is 23.1. The van der Waals surface area contributed by atoms with Crippen LogP contribution < -0.4 is 10.6 Å². The highest BCUT2D eigenvalue weighted by atomic mass is 32.1. The number of aliphatic hydroxyl groups is 5. The molecule has 1 aromatic carbocycles. The van der Waals surface area contributed by atoms with Crippen LogP contribution in [0.25, 0.3) is 0 Å². The topological polar surface area (TPSA) is 213 Å². The highest BCUT2D eigenvalue weighted by Crippen LogP contribution is 2.40. The molecular weight excluding hydrogens is 945 g/mol. The van der Waals surface area contributed by atoms with Crippen molar-refractivity contribution in [2.75, 3.05) is 40.8 Å². The van der Waals surface area contributed by atoms with Gasteiger partial charge in [0.2, 0.25) is 0 Å². The first kappa shape index (κ1) is 60.7. The maximum absolute atomic E-state index is 14.6. The molecule has 0 radical (unpaired) electrons. The largest absolute Gasteiger partial charge is 0.459 e. The molecule has 0 spiro atoms. The minimum atomic E-state index is -1.89. The number of rotatable bonds is 15. The van der Waals surface area contributed by atoms with Crippen molar-refractivity contribution in [3.8, 4) is 0 Å². The average molecular weight is 1040 g/mol. The van der Waals surface area contributed by atoms with Gasteiger partial charge in [-0.25, -0.2) is 0 Å². The molecule has 5 rings (SSSR count). The van der Waals surface area contributed by atoms with Gasteiger partial charge in [0.15, 0.2) is 17.7 Å². The Balaban J connectivity index is 1.42. The molecule has 1 aromatic rings. The van der Waals surface area contributed by atoms with Crippen molar-refractivity contribution >= 4 is 23.3 Å². The van der Waals surface area contributed by atoms with E-state index in [-0.39, 0.29) is 49.5 Å². The lowest BCUT2D eigenvalue weighted by Crippen LogP contribution is -2.60. The Morgan fingerprint density at radius 2 is 1.62 bits per heavy atom. The molecule has 20 atom stereocenters. The van der Waals surface area contributed by atoms with E-state index in [1.54, 1.807) is 34.6 Å². The van der Waals surface area contributed by atoms with Crippen molar-refractivity contribution in [1.29, 1.82) is 0 Å². The second-order valence-electron chi connectivity index (χ2n) is 22.7. The monoisotopic (exact) mass is 1040 g/mol. The highest BCUT2D eigenvalue weighted by molar-refractivity contribution is 7.80. The Labute approximate surface area is 436 Å². The van der Waals surface area contributed by atoms with E-state index >= 15 is 0 Å². The number of hydrogen-bond acceptors (Lipinski definition) is 16. The fraction of sp³-hybridized carbons (Fsp3) is 0.852. The van der Waals surface area contributed by atoms with Crippen molar-refractivity contribution in [3.05, 3.63) is 35.9 Å². The fourth-order valence-corrected chi connectivity index (χ4v) is 12.1. The predicted octanol–water partition coefficient (Wildman–Crippen LogP) is 4.65. The van der Waals surface area contributed by atoms with Crippen LogP contribution in [0, 0.1) is 17.8 Å². The van der Waals surface area contributed by atoms with Crippen LogP contribution in [-0.4, -0.2) is 190 Å². The van der Waals surface area contributed by atoms with Gasteiger partial charge in [-0.15, -0.1) is 0 Å². The van der Waals surface area contributed by atoms with Gasteiger partial charge in [-0.2, -0.15) is 0 Å². The molecule has 4 aliphatic rings. The second kappa shape index (κ2) is 26.8. The smallest absolute Gasteiger partial charge is 0.311 e. The number of ether oxygens (including phenoxy) is 7. The lowest BCUT2D eigenvalue weighted by atomic mass is 9.77. The quantitative estimate of drug-likeness (QED) is 0.0724. The normalized spacial score (nSPS) is 42.3. The Kier molecular flexibility index (Phi) is 22.6. The number of carbonyl (C=O) groups excluding carboxylic acids is 1. The zero-order chi connectivity index (χ0) is 53.3. The van der Waals surface area contributed by atoms with Crippen LogP contribution in [0.2, 0.25) is 0 Å². The van der Waals surface area contributed by atoms with Gasteiger partial charge in [0.25, 0.3) is 0 Å². The van der Waals surface area contributed by atoms with Gasteiger partial charge in [0, 0.05) is 51.2 Å². The minimum absolute atomic E-state index is 0.0317. The molecule has 7 N–H and O–H groups in total. The molecule has 0 amide bonds. The number of hydrogen-bond donors (Lipinski definition) is 7. The first-order valence-corrected chi connectivity index (χ1v) is 27.2. The van der Waals surface area contributed by atoms with E-state index in [0.717, 1.165) is 31.2 Å². The zero-order valence-corrected chi connectivity index (χ0v) is 46.5. The number of methoxy groups -OCH3 is 1. The van der Waals surface area contributed by atoms with E-state index in [1.807, 2.05) is 64.9 Å². The number of aliphatic hydroxyl groups excluding tert-OH is 3. The third-order valence-electron chi connectivity index (χ3n) is 16.3. The summed E-state index contributed by atoms with van der Waals surface area (Å²) in [6.45, 7) is 19.7. The van der Waals surface area contributed by atoms with Gasteiger partial charge in [-0.3, -0.25) is 9.69 Å². The molecule has 0 unspecified atom stereocenters. The summed E-state index contributed by atoms with van der Waals surface area (Å²) in [5, 5.41) is 67.8. The SMILES string of the molecule is CC[C@H]1OC(=O)[C@H](C)[C@@H](O[C@H]2C[C@@](C)(OC)[C@@H](O)[C@H](C)O2)[C@H](C)[C@@H](O[C@@H]2O[C@H](C)C[C@H](N(C)C)[C@H]2O)[C@](C)(O)C[C@@H](C)CN(CCCNC(=S)N[C@H]2CCCC[C@@H]2OCc2ccccc2)[C@H](C)[C@@H](O)[C@]1(C)O.